The first-order valence-electron chi connectivity index (χ1n) is 4.28. The second-order valence-corrected chi connectivity index (χ2v) is 3.50. The molecule has 1 aliphatic rings. The standard InChI is InChI=1S/C9H18O/c1-4-9(2,10-3)8-6-5-7-8/h8H,4-7H2,1-3H3. The van der Waals surface area contributed by atoms with E-state index in [9.17, 15) is 0 Å². The van der Waals surface area contributed by atoms with Crippen LogP contribution in [0.4, 0.5) is 0 Å². The van der Waals surface area contributed by atoms with Gasteiger partial charge in [-0.25, -0.2) is 0 Å². The van der Waals surface area contributed by atoms with E-state index in [1.54, 1.807) is 0 Å². The third kappa shape index (κ3) is 1.20. The average Bonchev–Trinajstić information content (AvgIpc) is 1.84. The van der Waals surface area contributed by atoms with Crippen molar-refractivity contribution in [1.82, 2.24) is 0 Å². The Morgan fingerprint density at radius 2 is 2.10 bits per heavy atom. The van der Waals surface area contributed by atoms with E-state index in [1.165, 1.54) is 19.3 Å². The number of hydrogen-bond donors (Lipinski definition) is 0. The molecule has 1 atom stereocenters. The number of rotatable bonds is 3. The van der Waals surface area contributed by atoms with Gasteiger partial charge in [-0.15, -0.1) is 0 Å². The van der Waals surface area contributed by atoms with Gasteiger partial charge in [-0.3, -0.25) is 0 Å². The van der Waals surface area contributed by atoms with Crippen molar-refractivity contribution in [2.24, 2.45) is 5.92 Å². The van der Waals surface area contributed by atoms with Gasteiger partial charge < -0.3 is 4.74 Å². The van der Waals surface area contributed by atoms with Crippen LogP contribution in [0.2, 0.25) is 0 Å². The predicted molar refractivity (Wildman–Crippen MR) is 43.0 cm³/mol. The molecular formula is C9H18O. The molecule has 0 amide bonds. The molecule has 1 aliphatic carbocycles. The molecule has 60 valence electrons. The monoisotopic (exact) mass is 142 g/mol. The first-order valence-corrected chi connectivity index (χ1v) is 4.28. The third-order valence-corrected chi connectivity index (χ3v) is 3.14. The molecule has 10 heavy (non-hydrogen) atoms. The Bertz CT molecular complexity index is 101. The molecule has 1 fully saturated rings. The van der Waals surface area contributed by atoms with Gasteiger partial charge in [0.1, 0.15) is 0 Å². The van der Waals surface area contributed by atoms with Crippen molar-refractivity contribution in [3.05, 3.63) is 0 Å². The second kappa shape index (κ2) is 2.91. The van der Waals surface area contributed by atoms with Crippen molar-refractivity contribution in [3.8, 4) is 0 Å². The molecule has 0 spiro atoms. The first-order chi connectivity index (χ1) is 4.73. The van der Waals surface area contributed by atoms with Crippen molar-refractivity contribution in [2.75, 3.05) is 7.11 Å². The van der Waals surface area contributed by atoms with Crippen LogP contribution in [0.25, 0.3) is 0 Å². The lowest BCUT2D eigenvalue weighted by atomic mass is 9.72. The van der Waals surface area contributed by atoms with Crippen LogP contribution in [0.3, 0.4) is 0 Å². The average molecular weight is 142 g/mol. The Morgan fingerprint density at radius 1 is 1.50 bits per heavy atom. The predicted octanol–water partition coefficient (Wildman–Crippen LogP) is 2.60. The Labute approximate surface area is 63.8 Å². The number of hydrogen-bond acceptors (Lipinski definition) is 1. The smallest absolute Gasteiger partial charge is 0.0676 e. The molecular weight excluding hydrogens is 124 g/mol. The van der Waals surface area contributed by atoms with Gasteiger partial charge in [0.25, 0.3) is 0 Å². The normalized spacial score (nSPS) is 25.5. The van der Waals surface area contributed by atoms with Crippen molar-refractivity contribution in [3.63, 3.8) is 0 Å². The zero-order chi connectivity index (χ0) is 7.61. The lowest BCUT2D eigenvalue weighted by molar-refractivity contribution is -0.0722. The Balaban J connectivity index is 2.44. The van der Waals surface area contributed by atoms with Gasteiger partial charge in [0.05, 0.1) is 5.60 Å². The van der Waals surface area contributed by atoms with E-state index in [0.29, 0.717) is 0 Å². The highest BCUT2D eigenvalue weighted by atomic mass is 16.5. The van der Waals surface area contributed by atoms with Crippen LogP contribution in [0.1, 0.15) is 39.5 Å². The maximum atomic E-state index is 5.49. The van der Waals surface area contributed by atoms with E-state index < -0.39 is 0 Å². The van der Waals surface area contributed by atoms with Gasteiger partial charge in [-0.05, 0) is 32.1 Å². The van der Waals surface area contributed by atoms with Crippen LogP contribution in [0.5, 0.6) is 0 Å². The minimum absolute atomic E-state index is 0.179. The summed E-state index contributed by atoms with van der Waals surface area (Å²) in [6.07, 6.45) is 5.30. The summed E-state index contributed by atoms with van der Waals surface area (Å²) in [7, 11) is 1.84. The van der Waals surface area contributed by atoms with Crippen LogP contribution < -0.4 is 0 Å². The van der Waals surface area contributed by atoms with Crippen molar-refractivity contribution >= 4 is 0 Å². The van der Waals surface area contributed by atoms with Crippen LogP contribution >= 0.6 is 0 Å². The molecule has 1 rings (SSSR count). The Morgan fingerprint density at radius 3 is 2.20 bits per heavy atom. The molecule has 0 aromatic carbocycles. The van der Waals surface area contributed by atoms with Gasteiger partial charge in [0.2, 0.25) is 0 Å². The van der Waals surface area contributed by atoms with E-state index in [0.717, 1.165) is 12.3 Å². The van der Waals surface area contributed by atoms with Crippen LogP contribution in [0.15, 0.2) is 0 Å². The highest BCUT2D eigenvalue weighted by Gasteiger charge is 2.36. The fourth-order valence-electron chi connectivity index (χ4n) is 1.62. The molecule has 0 bridgehead atoms. The number of methoxy groups -OCH3 is 1. The third-order valence-electron chi connectivity index (χ3n) is 3.14. The number of ether oxygens (including phenoxy) is 1. The highest BCUT2D eigenvalue weighted by molar-refractivity contribution is 4.87. The lowest BCUT2D eigenvalue weighted by Gasteiger charge is -2.41. The van der Waals surface area contributed by atoms with Crippen LogP contribution in [0, 0.1) is 5.92 Å². The zero-order valence-electron chi connectivity index (χ0n) is 7.31. The van der Waals surface area contributed by atoms with E-state index in [4.69, 9.17) is 4.74 Å². The van der Waals surface area contributed by atoms with E-state index in [1.807, 2.05) is 7.11 Å². The maximum Gasteiger partial charge on any atom is 0.0676 e. The molecule has 0 aromatic rings. The first kappa shape index (κ1) is 8.06. The SMILES string of the molecule is CCC(C)(OC)C1CCC1. The Kier molecular flexibility index (Phi) is 2.35. The zero-order valence-corrected chi connectivity index (χ0v) is 7.31. The summed E-state index contributed by atoms with van der Waals surface area (Å²) in [6.45, 7) is 4.44. The summed E-state index contributed by atoms with van der Waals surface area (Å²) < 4.78 is 5.49. The molecule has 0 heterocycles. The van der Waals surface area contributed by atoms with Gasteiger partial charge in [0.15, 0.2) is 0 Å². The quantitative estimate of drug-likeness (QED) is 0.588. The Hall–Kier alpha value is -0.0400. The van der Waals surface area contributed by atoms with Gasteiger partial charge >= 0.3 is 0 Å². The molecule has 0 saturated heterocycles. The molecule has 0 N–H and O–H groups in total. The minimum Gasteiger partial charge on any atom is -0.378 e. The van der Waals surface area contributed by atoms with Crippen molar-refractivity contribution in [2.45, 2.75) is 45.1 Å². The highest BCUT2D eigenvalue weighted by Crippen LogP contribution is 2.39. The molecule has 0 aliphatic heterocycles. The fraction of sp³-hybridized carbons (Fsp3) is 1.00. The largest absolute Gasteiger partial charge is 0.378 e. The summed E-state index contributed by atoms with van der Waals surface area (Å²) in [5.74, 6) is 0.836. The maximum absolute atomic E-state index is 5.49. The summed E-state index contributed by atoms with van der Waals surface area (Å²) in [6, 6.07) is 0. The molecule has 1 heteroatoms. The van der Waals surface area contributed by atoms with Gasteiger partial charge in [0, 0.05) is 7.11 Å². The molecule has 0 radical (unpaired) electrons. The molecule has 1 unspecified atom stereocenters. The van der Waals surface area contributed by atoms with Crippen LogP contribution in [-0.2, 0) is 4.74 Å². The van der Waals surface area contributed by atoms with Crippen LogP contribution in [-0.4, -0.2) is 12.7 Å². The molecule has 1 saturated carbocycles. The van der Waals surface area contributed by atoms with Crippen molar-refractivity contribution < 1.29 is 4.74 Å². The van der Waals surface area contributed by atoms with E-state index >= 15 is 0 Å². The lowest BCUT2D eigenvalue weighted by Crippen LogP contribution is -2.39. The topological polar surface area (TPSA) is 9.23 Å². The van der Waals surface area contributed by atoms with E-state index in [2.05, 4.69) is 13.8 Å². The molecule has 0 aromatic heterocycles. The summed E-state index contributed by atoms with van der Waals surface area (Å²) in [4.78, 5) is 0. The second-order valence-electron chi connectivity index (χ2n) is 3.50. The summed E-state index contributed by atoms with van der Waals surface area (Å²) in [5, 5.41) is 0. The summed E-state index contributed by atoms with van der Waals surface area (Å²) in [5.41, 5.74) is 0.179. The fourth-order valence-corrected chi connectivity index (χ4v) is 1.62. The van der Waals surface area contributed by atoms with Gasteiger partial charge in [-0.1, -0.05) is 13.3 Å². The van der Waals surface area contributed by atoms with Gasteiger partial charge in [-0.2, -0.15) is 0 Å². The van der Waals surface area contributed by atoms with E-state index in [-0.39, 0.29) is 5.60 Å². The summed E-state index contributed by atoms with van der Waals surface area (Å²) >= 11 is 0. The van der Waals surface area contributed by atoms with Crippen molar-refractivity contribution in [1.29, 1.82) is 0 Å². The molecule has 1 nitrogen and oxygen atoms in total. The minimum atomic E-state index is 0.179.